The predicted molar refractivity (Wildman–Crippen MR) is 76.8 cm³/mol. The zero-order chi connectivity index (χ0) is 14.3. The monoisotopic (exact) mass is 264 g/mol. The summed E-state index contributed by atoms with van der Waals surface area (Å²) in [5.41, 5.74) is 1.64. The van der Waals surface area contributed by atoms with Gasteiger partial charge in [0.2, 0.25) is 5.91 Å². The van der Waals surface area contributed by atoms with E-state index in [1.54, 1.807) is 7.11 Å². The second kappa shape index (κ2) is 7.26. The molecule has 0 heterocycles. The van der Waals surface area contributed by atoms with Crippen LogP contribution in [-0.2, 0) is 22.7 Å². The van der Waals surface area contributed by atoms with Gasteiger partial charge in [0.1, 0.15) is 0 Å². The minimum absolute atomic E-state index is 0.00145. The molecular formula is C15H24N2O2. The Kier molecular flexibility index (Phi) is 5.99. The van der Waals surface area contributed by atoms with Gasteiger partial charge in [0.25, 0.3) is 0 Å². The lowest BCUT2D eigenvalue weighted by atomic mass is 10.0. The molecule has 1 amide bonds. The first-order valence-corrected chi connectivity index (χ1v) is 6.60. The van der Waals surface area contributed by atoms with E-state index in [0.29, 0.717) is 13.2 Å². The van der Waals surface area contributed by atoms with Crippen LogP contribution in [0.5, 0.6) is 0 Å². The van der Waals surface area contributed by atoms with E-state index in [1.165, 1.54) is 0 Å². The number of amides is 1. The Morgan fingerprint density at radius 2 is 1.89 bits per heavy atom. The maximum Gasteiger partial charge on any atom is 0.239 e. The summed E-state index contributed by atoms with van der Waals surface area (Å²) >= 11 is 0. The van der Waals surface area contributed by atoms with Crippen molar-refractivity contribution in [3.05, 3.63) is 35.4 Å². The zero-order valence-corrected chi connectivity index (χ0v) is 12.2. The van der Waals surface area contributed by atoms with E-state index in [1.807, 2.05) is 45.0 Å². The molecule has 0 saturated heterocycles. The molecule has 0 aliphatic rings. The molecule has 2 N–H and O–H groups in total. The number of rotatable bonds is 7. The first-order chi connectivity index (χ1) is 9.01. The van der Waals surface area contributed by atoms with Gasteiger partial charge in [-0.25, -0.2) is 0 Å². The molecule has 1 aromatic rings. The Morgan fingerprint density at radius 1 is 1.26 bits per heavy atom. The van der Waals surface area contributed by atoms with E-state index in [9.17, 15) is 4.79 Å². The van der Waals surface area contributed by atoms with Crippen LogP contribution in [0, 0.1) is 0 Å². The molecule has 19 heavy (non-hydrogen) atoms. The van der Waals surface area contributed by atoms with Crippen molar-refractivity contribution in [1.82, 2.24) is 10.6 Å². The maximum absolute atomic E-state index is 12.1. The van der Waals surface area contributed by atoms with Crippen molar-refractivity contribution < 1.29 is 9.53 Å². The van der Waals surface area contributed by atoms with E-state index in [-0.39, 0.29) is 5.91 Å². The highest BCUT2D eigenvalue weighted by Gasteiger charge is 2.25. The van der Waals surface area contributed by atoms with Gasteiger partial charge in [0.15, 0.2) is 0 Å². The molecule has 106 valence electrons. The third kappa shape index (κ3) is 4.65. The fourth-order valence-electron chi connectivity index (χ4n) is 1.94. The number of carbonyl (C=O) groups excluding carboxylic acids is 1. The van der Waals surface area contributed by atoms with E-state index in [2.05, 4.69) is 10.6 Å². The van der Waals surface area contributed by atoms with Crippen LogP contribution < -0.4 is 10.6 Å². The van der Waals surface area contributed by atoms with E-state index >= 15 is 0 Å². The van der Waals surface area contributed by atoms with Crippen molar-refractivity contribution in [3.63, 3.8) is 0 Å². The van der Waals surface area contributed by atoms with Crippen LogP contribution >= 0.6 is 0 Å². The average molecular weight is 264 g/mol. The number of hydrogen-bond acceptors (Lipinski definition) is 3. The van der Waals surface area contributed by atoms with Crippen LogP contribution in [0.15, 0.2) is 24.3 Å². The van der Waals surface area contributed by atoms with Gasteiger partial charge in [-0.3, -0.25) is 4.79 Å². The van der Waals surface area contributed by atoms with E-state index in [0.717, 1.165) is 17.7 Å². The number of hydrogen-bond donors (Lipinski definition) is 2. The molecule has 0 aliphatic carbocycles. The summed E-state index contributed by atoms with van der Waals surface area (Å²) in [6.07, 6.45) is 0. The minimum atomic E-state index is -0.551. The van der Waals surface area contributed by atoms with Gasteiger partial charge in [-0.15, -0.1) is 0 Å². The number of likely N-dealkylation sites (N-methyl/N-ethyl adjacent to an activating group) is 1. The molecule has 0 bridgehead atoms. The first kappa shape index (κ1) is 15.7. The molecule has 1 aromatic carbocycles. The van der Waals surface area contributed by atoms with Gasteiger partial charge in [-0.2, -0.15) is 0 Å². The van der Waals surface area contributed by atoms with Crippen molar-refractivity contribution in [2.75, 3.05) is 13.7 Å². The van der Waals surface area contributed by atoms with Crippen molar-refractivity contribution in [3.8, 4) is 0 Å². The Labute approximate surface area is 115 Å². The lowest BCUT2D eigenvalue weighted by molar-refractivity contribution is -0.126. The Hall–Kier alpha value is -1.39. The van der Waals surface area contributed by atoms with Crippen LogP contribution in [0.25, 0.3) is 0 Å². The number of methoxy groups -OCH3 is 1. The van der Waals surface area contributed by atoms with Crippen molar-refractivity contribution in [1.29, 1.82) is 0 Å². The summed E-state index contributed by atoms with van der Waals surface area (Å²) in [6, 6.07) is 7.97. The largest absolute Gasteiger partial charge is 0.380 e. The molecular weight excluding hydrogens is 240 g/mol. The molecule has 0 saturated carbocycles. The topological polar surface area (TPSA) is 50.4 Å². The maximum atomic E-state index is 12.1. The Balaban J connectivity index is 2.64. The molecule has 0 atom stereocenters. The molecule has 0 spiro atoms. The average Bonchev–Trinajstić information content (AvgIpc) is 2.37. The number of carbonyl (C=O) groups is 1. The molecule has 0 fully saturated rings. The highest BCUT2D eigenvalue weighted by Crippen LogP contribution is 2.10. The van der Waals surface area contributed by atoms with Gasteiger partial charge in [-0.1, -0.05) is 31.2 Å². The summed E-state index contributed by atoms with van der Waals surface area (Å²) in [5.74, 6) is 0.00145. The summed E-state index contributed by atoms with van der Waals surface area (Å²) in [6.45, 7) is 7.60. The third-order valence-electron chi connectivity index (χ3n) is 3.04. The summed E-state index contributed by atoms with van der Waals surface area (Å²) in [4.78, 5) is 12.1. The van der Waals surface area contributed by atoms with Crippen LogP contribution in [0.4, 0.5) is 0 Å². The highest BCUT2D eigenvalue weighted by molar-refractivity contribution is 5.85. The molecule has 4 nitrogen and oxygen atoms in total. The zero-order valence-electron chi connectivity index (χ0n) is 12.2. The van der Waals surface area contributed by atoms with Gasteiger partial charge in [0, 0.05) is 13.7 Å². The van der Waals surface area contributed by atoms with Gasteiger partial charge < -0.3 is 15.4 Å². The van der Waals surface area contributed by atoms with Crippen molar-refractivity contribution >= 4 is 5.91 Å². The lowest BCUT2D eigenvalue weighted by Crippen LogP contribution is -2.52. The normalized spacial score (nSPS) is 11.4. The molecule has 1 rings (SSSR count). The number of ether oxygens (including phenoxy) is 1. The molecule has 0 aliphatic heterocycles. The first-order valence-electron chi connectivity index (χ1n) is 6.60. The second-order valence-electron chi connectivity index (χ2n) is 5.04. The van der Waals surface area contributed by atoms with Gasteiger partial charge >= 0.3 is 0 Å². The number of nitrogens with one attached hydrogen (secondary N) is 2. The summed E-state index contributed by atoms with van der Waals surface area (Å²) in [5, 5.41) is 6.13. The van der Waals surface area contributed by atoms with Crippen molar-refractivity contribution in [2.24, 2.45) is 0 Å². The molecule has 4 heteroatoms. The van der Waals surface area contributed by atoms with E-state index in [4.69, 9.17) is 4.74 Å². The Morgan fingerprint density at radius 3 is 2.47 bits per heavy atom. The lowest BCUT2D eigenvalue weighted by Gasteiger charge is -2.24. The Bertz CT molecular complexity index is 416. The second-order valence-corrected chi connectivity index (χ2v) is 5.04. The van der Waals surface area contributed by atoms with Crippen molar-refractivity contribution in [2.45, 2.75) is 39.5 Å². The summed E-state index contributed by atoms with van der Waals surface area (Å²) in [7, 11) is 1.67. The third-order valence-corrected chi connectivity index (χ3v) is 3.04. The van der Waals surface area contributed by atoms with Crippen LogP contribution in [-0.4, -0.2) is 25.1 Å². The molecule has 0 aromatic heterocycles. The fourth-order valence-corrected chi connectivity index (χ4v) is 1.94. The fraction of sp³-hybridized carbons (Fsp3) is 0.533. The predicted octanol–water partition coefficient (Wildman–Crippen LogP) is 1.84. The van der Waals surface area contributed by atoms with E-state index < -0.39 is 5.54 Å². The quantitative estimate of drug-likeness (QED) is 0.790. The minimum Gasteiger partial charge on any atom is -0.380 e. The summed E-state index contributed by atoms with van der Waals surface area (Å²) < 4.78 is 5.16. The SMILES string of the molecule is CCNC(C)(C)C(=O)NCc1ccccc1COC. The number of benzene rings is 1. The van der Waals surface area contributed by atoms with Crippen LogP contribution in [0.3, 0.4) is 0 Å². The highest BCUT2D eigenvalue weighted by atomic mass is 16.5. The molecule has 0 radical (unpaired) electrons. The standard InChI is InChI=1S/C15H24N2O2/c1-5-17-15(2,3)14(18)16-10-12-8-6-7-9-13(12)11-19-4/h6-9,17H,5,10-11H2,1-4H3,(H,16,18). The van der Waals surface area contributed by atoms with Gasteiger partial charge in [0.05, 0.1) is 12.1 Å². The van der Waals surface area contributed by atoms with Crippen LogP contribution in [0.2, 0.25) is 0 Å². The van der Waals surface area contributed by atoms with Gasteiger partial charge in [-0.05, 0) is 31.5 Å². The smallest absolute Gasteiger partial charge is 0.239 e. The molecule has 0 unspecified atom stereocenters. The van der Waals surface area contributed by atoms with Crippen LogP contribution in [0.1, 0.15) is 31.9 Å².